The molecule has 1 aliphatic heterocycles. The minimum absolute atomic E-state index is 0.0146. The highest BCUT2D eigenvalue weighted by molar-refractivity contribution is 6.31. The smallest absolute Gasteiger partial charge is 0.256 e. The fraction of sp³-hybridized carbons (Fsp3) is 0.316. The number of carbonyl (C=O) groups is 1. The van der Waals surface area contributed by atoms with Crippen molar-refractivity contribution in [3.05, 3.63) is 69.7 Å². The lowest BCUT2D eigenvalue weighted by Gasteiger charge is -2.17. The summed E-state index contributed by atoms with van der Waals surface area (Å²) in [6, 6.07) is 9.11. The van der Waals surface area contributed by atoms with Gasteiger partial charge >= 0.3 is 0 Å². The maximum absolute atomic E-state index is 13.9. The highest BCUT2D eigenvalue weighted by Gasteiger charge is 2.28. The molecule has 5 heteroatoms. The Morgan fingerprint density at radius 2 is 1.96 bits per heavy atom. The Kier molecular flexibility index (Phi) is 4.86. The lowest BCUT2D eigenvalue weighted by Crippen LogP contribution is -2.29. The van der Waals surface area contributed by atoms with Crippen molar-refractivity contribution in [3.63, 3.8) is 0 Å². The molecule has 0 N–H and O–H groups in total. The van der Waals surface area contributed by atoms with Crippen molar-refractivity contribution in [2.24, 2.45) is 5.92 Å². The van der Waals surface area contributed by atoms with E-state index in [1.165, 1.54) is 24.3 Å². The molecule has 2 aromatic rings. The van der Waals surface area contributed by atoms with E-state index in [0.717, 1.165) is 18.4 Å². The number of rotatable bonds is 3. The Labute approximate surface area is 145 Å². The minimum atomic E-state index is -0.554. The molecule has 0 aliphatic carbocycles. The normalized spacial score (nSPS) is 17.3. The number of hydrogen-bond acceptors (Lipinski definition) is 1. The molecule has 1 heterocycles. The molecule has 24 heavy (non-hydrogen) atoms. The lowest BCUT2D eigenvalue weighted by molar-refractivity contribution is 0.0782. The van der Waals surface area contributed by atoms with Gasteiger partial charge in [0.25, 0.3) is 5.91 Å². The summed E-state index contributed by atoms with van der Waals surface area (Å²) in [6.45, 7) is 2.90. The van der Waals surface area contributed by atoms with E-state index in [4.69, 9.17) is 11.6 Å². The topological polar surface area (TPSA) is 20.3 Å². The number of hydrogen-bond donors (Lipinski definition) is 0. The summed E-state index contributed by atoms with van der Waals surface area (Å²) in [5.74, 6) is -0.797. The Morgan fingerprint density at radius 1 is 1.21 bits per heavy atom. The van der Waals surface area contributed by atoms with E-state index in [0.29, 0.717) is 29.6 Å². The molecule has 1 aliphatic rings. The van der Waals surface area contributed by atoms with Gasteiger partial charge in [-0.3, -0.25) is 4.79 Å². The Bertz CT molecular complexity index is 778. The Balaban J connectivity index is 1.67. The predicted octanol–water partition coefficient (Wildman–Crippen LogP) is 4.63. The van der Waals surface area contributed by atoms with Crippen molar-refractivity contribution < 1.29 is 13.6 Å². The van der Waals surface area contributed by atoms with Crippen LogP contribution in [0.1, 0.15) is 27.9 Å². The summed E-state index contributed by atoms with van der Waals surface area (Å²) < 4.78 is 27.2. The van der Waals surface area contributed by atoms with Crippen LogP contribution >= 0.6 is 11.6 Å². The third kappa shape index (κ3) is 3.59. The Hall–Kier alpha value is -1.94. The first kappa shape index (κ1) is 16.9. The van der Waals surface area contributed by atoms with Crippen LogP contribution in [-0.2, 0) is 6.42 Å². The number of aryl methyl sites for hydroxylation is 1. The minimum Gasteiger partial charge on any atom is -0.338 e. The van der Waals surface area contributed by atoms with Crippen LogP contribution in [0.25, 0.3) is 0 Å². The van der Waals surface area contributed by atoms with Gasteiger partial charge in [0.05, 0.1) is 5.56 Å². The second-order valence-electron chi connectivity index (χ2n) is 6.32. The van der Waals surface area contributed by atoms with Crippen LogP contribution < -0.4 is 0 Å². The first-order chi connectivity index (χ1) is 11.4. The van der Waals surface area contributed by atoms with Crippen molar-refractivity contribution in [3.8, 4) is 0 Å². The summed E-state index contributed by atoms with van der Waals surface area (Å²) in [4.78, 5) is 14.2. The molecule has 0 aromatic heterocycles. The molecular weight excluding hydrogens is 332 g/mol. The van der Waals surface area contributed by atoms with Crippen LogP contribution in [-0.4, -0.2) is 23.9 Å². The predicted molar refractivity (Wildman–Crippen MR) is 90.3 cm³/mol. The number of nitrogens with zero attached hydrogens (tertiary/aromatic N) is 1. The summed E-state index contributed by atoms with van der Waals surface area (Å²) >= 11 is 5.86. The van der Waals surface area contributed by atoms with Crippen LogP contribution in [0.2, 0.25) is 5.02 Å². The van der Waals surface area contributed by atoms with Gasteiger partial charge in [0.1, 0.15) is 11.6 Å². The average molecular weight is 350 g/mol. The monoisotopic (exact) mass is 349 g/mol. The molecule has 1 unspecified atom stereocenters. The van der Waals surface area contributed by atoms with E-state index in [1.807, 2.05) is 6.07 Å². The molecule has 0 radical (unpaired) electrons. The SMILES string of the molecule is Cc1cc(CC2CCN(C(=O)c3cc(Cl)ccc3F)C2)ccc1F. The summed E-state index contributed by atoms with van der Waals surface area (Å²) in [5.41, 5.74) is 1.70. The number of likely N-dealkylation sites (tertiary alicyclic amines) is 1. The molecule has 1 amide bonds. The van der Waals surface area contributed by atoms with Crippen LogP contribution in [0.5, 0.6) is 0 Å². The van der Waals surface area contributed by atoms with Gasteiger partial charge in [-0.2, -0.15) is 0 Å². The first-order valence-electron chi connectivity index (χ1n) is 7.93. The molecular formula is C19H18ClF2NO. The molecule has 2 nitrogen and oxygen atoms in total. The quantitative estimate of drug-likeness (QED) is 0.791. The highest BCUT2D eigenvalue weighted by atomic mass is 35.5. The molecule has 2 aromatic carbocycles. The lowest BCUT2D eigenvalue weighted by atomic mass is 9.97. The molecule has 126 valence electrons. The zero-order valence-electron chi connectivity index (χ0n) is 13.4. The molecule has 1 saturated heterocycles. The Morgan fingerprint density at radius 3 is 2.71 bits per heavy atom. The van der Waals surface area contributed by atoms with E-state index in [1.54, 1.807) is 17.9 Å². The van der Waals surface area contributed by atoms with Gasteiger partial charge in [-0.05, 0) is 61.1 Å². The molecule has 0 saturated carbocycles. The third-order valence-electron chi connectivity index (χ3n) is 4.48. The maximum Gasteiger partial charge on any atom is 0.256 e. The van der Waals surface area contributed by atoms with Gasteiger partial charge in [0.2, 0.25) is 0 Å². The van der Waals surface area contributed by atoms with Gasteiger partial charge in [0, 0.05) is 18.1 Å². The second-order valence-corrected chi connectivity index (χ2v) is 6.75. The fourth-order valence-corrected chi connectivity index (χ4v) is 3.35. The van der Waals surface area contributed by atoms with E-state index >= 15 is 0 Å². The van der Waals surface area contributed by atoms with E-state index in [9.17, 15) is 13.6 Å². The van der Waals surface area contributed by atoms with Gasteiger partial charge in [-0.25, -0.2) is 8.78 Å². The van der Waals surface area contributed by atoms with Gasteiger partial charge in [-0.1, -0.05) is 23.7 Å². The van der Waals surface area contributed by atoms with E-state index in [2.05, 4.69) is 0 Å². The van der Waals surface area contributed by atoms with Crippen molar-refractivity contribution in [2.45, 2.75) is 19.8 Å². The van der Waals surface area contributed by atoms with Crippen LogP contribution in [0.3, 0.4) is 0 Å². The largest absolute Gasteiger partial charge is 0.338 e. The summed E-state index contributed by atoms with van der Waals surface area (Å²) in [5, 5.41) is 0.345. The maximum atomic E-state index is 13.9. The third-order valence-corrected chi connectivity index (χ3v) is 4.71. The van der Waals surface area contributed by atoms with Crippen molar-refractivity contribution in [1.82, 2.24) is 4.90 Å². The molecule has 0 bridgehead atoms. The van der Waals surface area contributed by atoms with E-state index in [-0.39, 0.29) is 17.3 Å². The van der Waals surface area contributed by atoms with Gasteiger partial charge in [0.15, 0.2) is 0 Å². The fourth-order valence-electron chi connectivity index (χ4n) is 3.18. The van der Waals surface area contributed by atoms with Crippen LogP contribution in [0.4, 0.5) is 8.78 Å². The van der Waals surface area contributed by atoms with Gasteiger partial charge < -0.3 is 4.90 Å². The average Bonchev–Trinajstić information content (AvgIpc) is 3.01. The van der Waals surface area contributed by atoms with Crippen molar-refractivity contribution in [2.75, 3.05) is 13.1 Å². The van der Waals surface area contributed by atoms with E-state index < -0.39 is 5.82 Å². The number of carbonyl (C=O) groups excluding carboxylic acids is 1. The molecule has 3 rings (SSSR count). The molecule has 1 fully saturated rings. The van der Waals surface area contributed by atoms with Crippen molar-refractivity contribution in [1.29, 1.82) is 0 Å². The standard InChI is InChI=1S/C19H18ClF2NO/c1-12-8-13(2-4-17(12)21)9-14-6-7-23(11-14)19(24)16-10-15(20)3-5-18(16)22/h2-5,8,10,14H,6-7,9,11H2,1H3. The zero-order chi connectivity index (χ0) is 17.3. The van der Waals surface area contributed by atoms with Crippen molar-refractivity contribution >= 4 is 17.5 Å². The summed E-state index contributed by atoms with van der Waals surface area (Å²) in [7, 11) is 0. The second kappa shape index (κ2) is 6.89. The number of amides is 1. The number of benzene rings is 2. The number of halogens is 3. The highest BCUT2D eigenvalue weighted by Crippen LogP contribution is 2.25. The zero-order valence-corrected chi connectivity index (χ0v) is 14.1. The van der Waals surface area contributed by atoms with Crippen LogP contribution in [0, 0.1) is 24.5 Å². The van der Waals surface area contributed by atoms with Gasteiger partial charge in [-0.15, -0.1) is 0 Å². The molecule has 1 atom stereocenters. The summed E-state index contributed by atoms with van der Waals surface area (Å²) in [6.07, 6.45) is 1.63. The van der Waals surface area contributed by atoms with Crippen LogP contribution in [0.15, 0.2) is 36.4 Å². The molecule has 0 spiro atoms. The first-order valence-corrected chi connectivity index (χ1v) is 8.31.